The first-order valence-electron chi connectivity index (χ1n) is 8.57. The van der Waals surface area contributed by atoms with Crippen LogP contribution in [0.25, 0.3) is 10.9 Å². The van der Waals surface area contributed by atoms with E-state index in [1.807, 2.05) is 24.3 Å². The number of H-pyrrole nitrogens is 1. The molecule has 3 aromatic rings. The van der Waals surface area contributed by atoms with Gasteiger partial charge in [0.15, 0.2) is 5.69 Å². The van der Waals surface area contributed by atoms with Gasteiger partial charge in [-0.05, 0) is 35.4 Å². The number of hydrogen-bond donors (Lipinski definition) is 4. The number of benzene rings is 2. The topological polar surface area (TPSA) is 110 Å². The van der Waals surface area contributed by atoms with E-state index < -0.39 is 5.97 Å². The Morgan fingerprint density at radius 1 is 1.21 bits per heavy atom. The van der Waals surface area contributed by atoms with Crippen LogP contribution in [0.2, 0.25) is 0 Å². The number of amides is 1. The van der Waals surface area contributed by atoms with Gasteiger partial charge in [-0.25, -0.2) is 4.79 Å². The molecule has 1 amide bonds. The fourth-order valence-corrected chi connectivity index (χ4v) is 3.60. The fraction of sp³-hybridized carbons (Fsp3) is 0.158. The van der Waals surface area contributed by atoms with Crippen LogP contribution < -0.4 is 15.7 Å². The van der Waals surface area contributed by atoms with Crippen LogP contribution in [0.4, 0.5) is 17.2 Å². The van der Waals surface area contributed by atoms with Gasteiger partial charge in [-0.2, -0.15) is 0 Å². The molecule has 28 heavy (non-hydrogen) atoms. The maximum atomic E-state index is 12.2. The normalized spacial score (nSPS) is 15.0. The lowest BCUT2D eigenvalue weighted by molar-refractivity contribution is -0.537. The Kier molecular flexibility index (Phi) is 4.98. The zero-order valence-corrected chi connectivity index (χ0v) is 15.8. The Morgan fingerprint density at radius 2 is 2.00 bits per heavy atom. The van der Waals surface area contributed by atoms with E-state index in [0.717, 1.165) is 22.4 Å². The van der Waals surface area contributed by atoms with Crippen LogP contribution in [-0.4, -0.2) is 35.2 Å². The van der Waals surface area contributed by atoms with Crippen molar-refractivity contribution in [1.29, 1.82) is 0 Å². The van der Waals surface area contributed by atoms with Crippen molar-refractivity contribution >= 4 is 51.7 Å². The molecule has 0 saturated carbocycles. The molecule has 1 aliphatic heterocycles. The summed E-state index contributed by atoms with van der Waals surface area (Å²) in [6.45, 7) is 0. The summed E-state index contributed by atoms with van der Waals surface area (Å²) in [5.74, 6) is 0.496. The SMILES string of the molecule is COC(=O)c1ccc(NC(=O)CS[C@@H]2Nc3[nH]c4ccccc4c3N=[NH+]2)cc1. The van der Waals surface area contributed by atoms with Crippen LogP contribution in [0, 0.1) is 0 Å². The van der Waals surface area contributed by atoms with E-state index in [-0.39, 0.29) is 17.2 Å². The van der Waals surface area contributed by atoms with Gasteiger partial charge in [0.2, 0.25) is 5.91 Å². The number of para-hydroxylation sites is 1. The number of carbonyl (C=O) groups is 2. The Balaban J connectivity index is 1.32. The standard InChI is InChI=1S/C19H17N5O3S/c1-27-18(26)11-6-8-12(9-7-11)20-15(25)10-28-19-22-17-16(23-24-19)13-4-2-3-5-14(13)21-17/h2-9,19,21-22H,10H2,1H3,(H,20,25)/p+1/t19-/m1/s1. The number of carbonyl (C=O) groups excluding carboxylic acids is 2. The number of hydrogen-bond acceptors (Lipinski definition) is 6. The summed E-state index contributed by atoms with van der Waals surface area (Å²) in [5.41, 5.74) is 2.66. The molecule has 2 heterocycles. The van der Waals surface area contributed by atoms with Crippen molar-refractivity contribution in [3.8, 4) is 0 Å². The first-order valence-corrected chi connectivity index (χ1v) is 9.62. The Morgan fingerprint density at radius 3 is 2.79 bits per heavy atom. The lowest BCUT2D eigenvalue weighted by atomic mass is 10.2. The van der Waals surface area contributed by atoms with Crippen molar-refractivity contribution in [1.82, 2.24) is 4.98 Å². The molecule has 8 nitrogen and oxygen atoms in total. The predicted octanol–water partition coefficient (Wildman–Crippen LogP) is 2.20. The number of fused-ring (bicyclic) bond motifs is 3. The van der Waals surface area contributed by atoms with Gasteiger partial charge in [0.25, 0.3) is 5.50 Å². The molecule has 1 aromatic heterocycles. The largest absolute Gasteiger partial charge is 0.465 e. The summed E-state index contributed by atoms with van der Waals surface area (Å²) >= 11 is 1.39. The summed E-state index contributed by atoms with van der Waals surface area (Å²) in [6, 6.07) is 14.5. The number of aromatic amines is 1. The van der Waals surface area contributed by atoms with Crippen molar-refractivity contribution in [2.24, 2.45) is 5.11 Å². The molecule has 0 aliphatic carbocycles. The highest BCUT2D eigenvalue weighted by Gasteiger charge is 2.25. The van der Waals surface area contributed by atoms with E-state index in [1.54, 1.807) is 24.3 Å². The Labute approximate surface area is 164 Å². The summed E-state index contributed by atoms with van der Waals surface area (Å²) < 4.78 is 4.65. The van der Waals surface area contributed by atoms with E-state index in [2.05, 4.69) is 30.6 Å². The third-order valence-electron chi connectivity index (χ3n) is 4.22. The monoisotopic (exact) mass is 396 g/mol. The number of ether oxygens (including phenoxy) is 1. The molecule has 9 heteroatoms. The summed E-state index contributed by atoms with van der Waals surface area (Å²) in [5, 5.41) is 14.6. The molecule has 0 bridgehead atoms. The second-order valence-corrected chi connectivity index (χ2v) is 7.18. The van der Waals surface area contributed by atoms with Gasteiger partial charge in [-0.1, -0.05) is 30.0 Å². The Bertz CT molecular complexity index is 1060. The first kappa shape index (κ1) is 18.1. The average Bonchev–Trinajstić information content (AvgIpc) is 3.10. The Hall–Kier alpha value is -3.33. The number of azo groups is 1. The second kappa shape index (κ2) is 7.73. The molecule has 2 aromatic carbocycles. The molecule has 0 spiro atoms. The number of aromatic nitrogens is 1. The lowest BCUT2D eigenvalue weighted by Crippen LogP contribution is -2.76. The molecule has 142 valence electrons. The zero-order chi connectivity index (χ0) is 19.5. The van der Waals surface area contributed by atoms with Gasteiger partial charge in [-0.15, -0.1) is 5.11 Å². The molecule has 1 aliphatic rings. The van der Waals surface area contributed by atoms with Gasteiger partial charge in [0.05, 0.1) is 18.4 Å². The number of esters is 1. The van der Waals surface area contributed by atoms with Crippen molar-refractivity contribution in [3.05, 3.63) is 54.1 Å². The molecule has 4 rings (SSSR count). The van der Waals surface area contributed by atoms with E-state index in [1.165, 1.54) is 18.9 Å². The van der Waals surface area contributed by atoms with Crippen LogP contribution in [0.1, 0.15) is 10.4 Å². The lowest BCUT2D eigenvalue weighted by Gasteiger charge is -2.12. The van der Waals surface area contributed by atoms with E-state index in [4.69, 9.17) is 0 Å². The molecule has 0 unspecified atom stereocenters. The zero-order valence-electron chi connectivity index (χ0n) is 15.0. The maximum absolute atomic E-state index is 12.2. The smallest absolute Gasteiger partial charge is 0.337 e. The summed E-state index contributed by atoms with van der Waals surface area (Å²) in [4.78, 5) is 26.9. The third-order valence-corrected chi connectivity index (χ3v) is 5.20. The van der Waals surface area contributed by atoms with E-state index in [9.17, 15) is 9.59 Å². The number of thioether (sulfide) groups is 1. The highest BCUT2D eigenvalue weighted by molar-refractivity contribution is 8.00. The van der Waals surface area contributed by atoms with Crippen LogP contribution in [0.3, 0.4) is 0 Å². The number of rotatable bonds is 5. The molecule has 0 radical (unpaired) electrons. The average molecular weight is 396 g/mol. The number of anilines is 2. The van der Waals surface area contributed by atoms with E-state index in [0.29, 0.717) is 11.3 Å². The minimum absolute atomic E-state index is 0.151. The first-order chi connectivity index (χ1) is 13.6. The van der Waals surface area contributed by atoms with Crippen molar-refractivity contribution in [2.45, 2.75) is 5.50 Å². The second-order valence-electron chi connectivity index (χ2n) is 6.09. The molecule has 0 fully saturated rings. The minimum Gasteiger partial charge on any atom is -0.465 e. The predicted molar refractivity (Wildman–Crippen MR) is 108 cm³/mol. The number of methoxy groups -OCH3 is 1. The van der Waals surface area contributed by atoms with E-state index >= 15 is 0 Å². The number of nitrogens with one attached hydrogen (secondary N) is 4. The maximum Gasteiger partial charge on any atom is 0.337 e. The van der Waals surface area contributed by atoms with Crippen LogP contribution in [0.15, 0.2) is 53.6 Å². The molecule has 0 saturated heterocycles. The molecular formula is C19H18N5O3S+. The van der Waals surface area contributed by atoms with Gasteiger partial charge >= 0.3 is 5.97 Å². The fourth-order valence-electron chi connectivity index (χ4n) is 2.88. The van der Waals surface area contributed by atoms with Crippen LogP contribution in [0.5, 0.6) is 0 Å². The van der Waals surface area contributed by atoms with Gasteiger partial charge in [-0.3, -0.25) is 4.79 Å². The highest BCUT2D eigenvalue weighted by Crippen LogP contribution is 2.35. The van der Waals surface area contributed by atoms with Crippen molar-refractivity contribution < 1.29 is 19.4 Å². The van der Waals surface area contributed by atoms with Gasteiger partial charge in [0, 0.05) is 16.6 Å². The van der Waals surface area contributed by atoms with Gasteiger partial charge in [0.1, 0.15) is 5.82 Å². The molecular weight excluding hydrogens is 378 g/mol. The van der Waals surface area contributed by atoms with Crippen LogP contribution in [-0.2, 0) is 9.53 Å². The molecule has 1 atom stereocenters. The quantitative estimate of drug-likeness (QED) is 0.494. The van der Waals surface area contributed by atoms with Crippen molar-refractivity contribution in [2.75, 3.05) is 23.5 Å². The summed E-state index contributed by atoms with van der Waals surface area (Å²) in [6.07, 6.45) is 0. The molecule has 4 N–H and O–H groups in total. The minimum atomic E-state index is -0.414. The number of nitrogens with zero attached hydrogens (tertiary/aromatic N) is 1. The highest BCUT2D eigenvalue weighted by atomic mass is 32.2. The third kappa shape index (κ3) is 3.70. The van der Waals surface area contributed by atoms with Crippen LogP contribution >= 0.6 is 11.8 Å². The van der Waals surface area contributed by atoms with Crippen molar-refractivity contribution in [3.63, 3.8) is 0 Å². The summed E-state index contributed by atoms with van der Waals surface area (Å²) in [7, 11) is 1.33. The van der Waals surface area contributed by atoms with Gasteiger partial charge < -0.3 is 20.4 Å².